The summed E-state index contributed by atoms with van der Waals surface area (Å²) in [6.45, 7) is 6.01. The normalized spacial score (nSPS) is 18.5. The van der Waals surface area contributed by atoms with Gasteiger partial charge in [-0.05, 0) is 62.9 Å². The Hall–Kier alpha value is -1.75. The van der Waals surface area contributed by atoms with Gasteiger partial charge in [0.25, 0.3) is 0 Å². The lowest BCUT2D eigenvalue weighted by Crippen LogP contribution is -2.36. The highest BCUT2D eigenvalue weighted by molar-refractivity contribution is 5.16. The van der Waals surface area contributed by atoms with Gasteiger partial charge in [0, 0.05) is 6.92 Å². The molecule has 0 radical (unpaired) electrons. The molecule has 1 fully saturated rings. The number of likely N-dealkylation sites (tertiary alicyclic amines) is 1. The first-order valence-corrected chi connectivity index (χ1v) is 7.90. The topological polar surface area (TPSA) is 42.2 Å². The number of piperidine rings is 1. The van der Waals surface area contributed by atoms with E-state index in [2.05, 4.69) is 22.0 Å². The maximum absolute atomic E-state index is 12.9. The van der Waals surface area contributed by atoms with Crippen molar-refractivity contribution in [2.45, 2.75) is 39.2 Å². The molecule has 3 rings (SSSR count). The molecule has 22 heavy (non-hydrogen) atoms. The fourth-order valence-corrected chi connectivity index (χ4v) is 3.14. The molecule has 0 amide bonds. The zero-order valence-corrected chi connectivity index (χ0v) is 13.1. The molecule has 4 nitrogen and oxygen atoms in total. The number of hydrogen-bond acceptors (Lipinski definition) is 4. The summed E-state index contributed by atoms with van der Waals surface area (Å²) in [6.07, 6.45) is 3.33. The van der Waals surface area contributed by atoms with Crippen LogP contribution in [-0.4, -0.2) is 28.2 Å². The summed E-state index contributed by atoms with van der Waals surface area (Å²) in [4.78, 5) is 2.40. The van der Waals surface area contributed by atoms with Crippen molar-refractivity contribution in [1.29, 1.82) is 0 Å². The molecule has 1 aromatic carbocycles. The maximum Gasteiger partial charge on any atom is 0.233 e. The number of halogens is 1. The van der Waals surface area contributed by atoms with Crippen molar-refractivity contribution in [3.63, 3.8) is 0 Å². The third-order valence-electron chi connectivity index (χ3n) is 4.53. The Balaban J connectivity index is 1.52. The van der Waals surface area contributed by atoms with Gasteiger partial charge in [-0.2, -0.15) is 0 Å². The Bertz CT molecular complexity index is 603. The number of benzene rings is 1. The fraction of sp³-hybridized carbons (Fsp3) is 0.529. The van der Waals surface area contributed by atoms with Crippen molar-refractivity contribution in [3.8, 4) is 0 Å². The summed E-state index contributed by atoms with van der Waals surface area (Å²) < 4.78 is 18.5. The summed E-state index contributed by atoms with van der Waals surface area (Å²) in [5.41, 5.74) is 1.22. The van der Waals surface area contributed by atoms with Crippen LogP contribution in [0.5, 0.6) is 0 Å². The summed E-state index contributed by atoms with van der Waals surface area (Å²) in [5.74, 6) is 1.82. The minimum atomic E-state index is -0.165. The maximum atomic E-state index is 12.9. The largest absolute Gasteiger partial charge is 0.424 e. The molecule has 1 aliphatic rings. The van der Waals surface area contributed by atoms with Crippen LogP contribution in [0.2, 0.25) is 0 Å². The molecular weight excluding hydrogens is 281 g/mol. The Morgan fingerprint density at radius 2 is 1.91 bits per heavy atom. The number of aryl methyl sites for hydroxylation is 1. The van der Waals surface area contributed by atoms with Gasteiger partial charge in [-0.15, -0.1) is 10.2 Å². The smallest absolute Gasteiger partial charge is 0.233 e. The third-order valence-corrected chi connectivity index (χ3v) is 4.53. The zero-order chi connectivity index (χ0) is 15.5. The summed E-state index contributed by atoms with van der Waals surface area (Å²) in [7, 11) is 0. The van der Waals surface area contributed by atoms with E-state index >= 15 is 0 Å². The first-order valence-electron chi connectivity index (χ1n) is 7.90. The van der Waals surface area contributed by atoms with Gasteiger partial charge in [-0.25, -0.2) is 4.39 Å². The Morgan fingerprint density at radius 1 is 1.23 bits per heavy atom. The van der Waals surface area contributed by atoms with E-state index in [1.165, 1.54) is 5.56 Å². The zero-order valence-electron chi connectivity index (χ0n) is 13.1. The van der Waals surface area contributed by atoms with Crippen LogP contribution in [-0.2, 0) is 6.42 Å². The van der Waals surface area contributed by atoms with Gasteiger partial charge in [0.1, 0.15) is 5.82 Å². The Morgan fingerprint density at radius 3 is 2.50 bits per heavy atom. The first kappa shape index (κ1) is 15.2. The van der Waals surface area contributed by atoms with E-state index in [0.717, 1.165) is 32.4 Å². The number of rotatable bonds is 4. The lowest BCUT2D eigenvalue weighted by atomic mass is 9.89. The van der Waals surface area contributed by atoms with Crippen molar-refractivity contribution in [2.24, 2.45) is 5.92 Å². The summed E-state index contributed by atoms with van der Waals surface area (Å²) in [5, 5.41) is 8.03. The van der Waals surface area contributed by atoms with Gasteiger partial charge in [0.15, 0.2) is 0 Å². The van der Waals surface area contributed by atoms with Crippen molar-refractivity contribution in [3.05, 3.63) is 47.4 Å². The highest BCUT2D eigenvalue weighted by Crippen LogP contribution is 2.27. The number of aromatic nitrogens is 2. The SMILES string of the molecule is Cc1nnc(C(C)N2CCC(Cc3ccc(F)cc3)CC2)o1. The quantitative estimate of drug-likeness (QED) is 0.866. The third kappa shape index (κ3) is 3.53. The molecule has 1 aromatic heterocycles. The first-order chi connectivity index (χ1) is 10.6. The van der Waals surface area contributed by atoms with Crippen LogP contribution in [0.25, 0.3) is 0 Å². The highest BCUT2D eigenvalue weighted by atomic mass is 19.1. The van der Waals surface area contributed by atoms with Gasteiger partial charge < -0.3 is 4.42 Å². The standard InChI is InChI=1S/C17H22FN3O/c1-12(17-20-19-13(2)22-17)21-9-7-15(8-10-21)11-14-3-5-16(18)6-4-14/h3-6,12,15H,7-11H2,1-2H3. The second-order valence-electron chi connectivity index (χ2n) is 6.15. The average Bonchev–Trinajstić information content (AvgIpc) is 2.96. The number of nitrogens with zero attached hydrogens (tertiary/aromatic N) is 3. The van der Waals surface area contributed by atoms with Crippen LogP contribution in [0.3, 0.4) is 0 Å². The molecule has 0 saturated carbocycles. The molecule has 118 valence electrons. The van der Waals surface area contributed by atoms with Crippen LogP contribution < -0.4 is 0 Å². The molecule has 0 bridgehead atoms. The molecule has 2 aromatic rings. The fourth-order valence-electron chi connectivity index (χ4n) is 3.14. The number of hydrogen-bond donors (Lipinski definition) is 0. The molecule has 0 N–H and O–H groups in total. The predicted molar refractivity (Wildman–Crippen MR) is 81.9 cm³/mol. The molecular formula is C17H22FN3O. The van der Waals surface area contributed by atoms with Crippen molar-refractivity contribution in [1.82, 2.24) is 15.1 Å². The second-order valence-corrected chi connectivity index (χ2v) is 6.15. The van der Waals surface area contributed by atoms with Crippen LogP contribution in [0, 0.1) is 18.7 Å². The molecule has 1 saturated heterocycles. The van der Waals surface area contributed by atoms with E-state index < -0.39 is 0 Å². The van der Waals surface area contributed by atoms with E-state index in [1.807, 2.05) is 19.1 Å². The van der Waals surface area contributed by atoms with Gasteiger partial charge >= 0.3 is 0 Å². The minimum Gasteiger partial charge on any atom is -0.424 e. The molecule has 1 atom stereocenters. The van der Waals surface area contributed by atoms with Gasteiger partial charge in [-0.1, -0.05) is 12.1 Å². The van der Waals surface area contributed by atoms with Gasteiger partial charge in [0.2, 0.25) is 11.8 Å². The van der Waals surface area contributed by atoms with Crippen LogP contribution in [0.15, 0.2) is 28.7 Å². The Kier molecular flexibility index (Phi) is 4.52. The van der Waals surface area contributed by atoms with E-state index in [1.54, 1.807) is 12.1 Å². The highest BCUT2D eigenvalue weighted by Gasteiger charge is 2.26. The Labute approximate surface area is 130 Å². The monoisotopic (exact) mass is 303 g/mol. The molecule has 5 heteroatoms. The summed E-state index contributed by atoms with van der Waals surface area (Å²) in [6, 6.07) is 7.05. The van der Waals surface area contributed by atoms with Gasteiger partial charge in [-0.3, -0.25) is 4.90 Å². The van der Waals surface area contributed by atoms with Gasteiger partial charge in [0.05, 0.1) is 6.04 Å². The summed E-state index contributed by atoms with van der Waals surface area (Å²) >= 11 is 0. The lowest BCUT2D eigenvalue weighted by molar-refractivity contribution is 0.124. The van der Waals surface area contributed by atoms with E-state index in [-0.39, 0.29) is 11.9 Å². The van der Waals surface area contributed by atoms with Crippen molar-refractivity contribution in [2.75, 3.05) is 13.1 Å². The lowest BCUT2D eigenvalue weighted by Gasteiger charge is -2.34. The van der Waals surface area contributed by atoms with Crippen molar-refractivity contribution >= 4 is 0 Å². The molecule has 0 spiro atoms. The van der Waals surface area contributed by atoms with E-state index in [4.69, 9.17) is 4.42 Å². The molecule has 2 heterocycles. The molecule has 1 unspecified atom stereocenters. The van der Waals surface area contributed by atoms with Crippen LogP contribution >= 0.6 is 0 Å². The predicted octanol–water partition coefficient (Wildman–Crippen LogP) is 3.53. The average molecular weight is 303 g/mol. The second kappa shape index (κ2) is 6.57. The molecule has 1 aliphatic heterocycles. The molecule has 0 aliphatic carbocycles. The van der Waals surface area contributed by atoms with E-state index in [9.17, 15) is 4.39 Å². The van der Waals surface area contributed by atoms with Crippen molar-refractivity contribution < 1.29 is 8.81 Å². The van der Waals surface area contributed by atoms with Crippen LogP contribution in [0.4, 0.5) is 4.39 Å². The van der Waals surface area contributed by atoms with Crippen LogP contribution in [0.1, 0.15) is 43.2 Å². The van der Waals surface area contributed by atoms with E-state index in [0.29, 0.717) is 17.7 Å². The minimum absolute atomic E-state index is 0.165.